The first-order chi connectivity index (χ1) is 18.4. The molecule has 0 aliphatic heterocycles. The third-order valence-electron chi connectivity index (χ3n) is 6.81. The number of carbonyl (C=O) groups is 2. The van der Waals surface area contributed by atoms with Gasteiger partial charge in [0, 0.05) is 36.1 Å². The SMILES string of the molecule is CCC(C)N(Cc1cccn1Cc1cccc(OC)c1)C(=O)CN(C(=O)c1cccc(C(F)(F)F)c1)C(C)C. The summed E-state index contributed by atoms with van der Waals surface area (Å²) in [6.45, 7) is 8.09. The van der Waals surface area contributed by atoms with E-state index in [4.69, 9.17) is 4.74 Å². The minimum absolute atomic E-state index is 0.103. The second-order valence-electron chi connectivity index (χ2n) is 9.86. The third-order valence-corrected chi connectivity index (χ3v) is 6.81. The zero-order valence-electron chi connectivity index (χ0n) is 23.0. The summed E-state index contributed by atoms with van der Waals surface area (Å²) < 4.78 is 47.1. The van der Waals surface area contributed by atoms with Gasteiger partial charge in [0.2, 0.25) is 5.91 Å². The highest BCUT2D eigenvalue weighted by Crippen LogP contribution is 2.30. The molecule has 1 heterocycles. The molecule has 0 radical (unpaired) electrons. The van der Waals surface area contributed by atoms with Crippen LogP contribution in [0, 0.1) is 0 Å². The van der Waals surface area contributed by atoms with Gasteiger partial charge in [-0.3, -0.25) is 9.59 Å². The van der Waals surface area contributed by atoms with Gasteiger partial charge in [0.05, 0.1) is 19.2 Å². The second-order valence-corrected chi connectivity index (χ2v) is 9.86. The number of aromatic nitrogens is 1. The highest BCUT2D eigenvalue weighted by atomic mass is 19.4. The average Bonchev–Trinajstić information content (AvgIpc) is 3.35. The Morgan fingerprint density at radius 2 is 1.69 bits per heavy atom. The molecule has 2 amide bonds. The molecule has 1 atom stereocenters. The quantitative estimate of drug-likeness (QED) is 0.288. The van der Waals surface area contributed by atoms with Crippen molar-refractivity contribution in [3.8, 4) is 5.75 Å². The standard InChI is InChI=1S/C30H36F3N3O3/c1-6-22(4)36(19-26-13-9-15-34(26)18-23-10-7-14-27(16-23)39-5)28(37)20-35(21(2)3)29(38)24-11-8-12-25(17-24)30(31,32)33/h7-17,21-22H,6,18-20H2,1-5H3. The van der Waals surface area contributed by atoms with Crippen LogP contribution in [0.5, 0.6) is 5.75 Å². The molecule has 1 unspecified atom stereocenters. The number of amides is 2. The molecule has 0 N–H and O–H groups in total. The first-order valence-corrected chi connectivity index (χ1v) is 13.0. The number of halogens is 3. The number of nitrogens with zero attached hydrogens (tertiary/aromatic N) is 3. The van der Waals surface area contributed by atoms with Crippen LogP contribution in [0.2, 0.25) is 0 Å². The molecular formula is C30H36F3N3O3. The van der Waals surface area contributed by atoms with Gasteiger partial charge in [0.1, 0.15) is 12.3 Å². The Hall–Kier alpha value is -3.75. The molecule has 0 spiro atoms. The van der Waals surface area contributed by atoms with Crippen molar-refractivity contribution >= 4 is 11.8 Å². The van der Waals surface area contributed by atoms with Crippen LogP contribution in [0.15, 0.2) is 66.9 Å². The van der Waals surface area contributed by atoms with E-state index in [9.17, 15) is 22.8 Å². The summed E-state index contributed by atoms with van der Waals surface area (Å²) in [6, 6.07) is 15.4. The van der Waals surface area contributed by atoms with Crippen LogP contribution >= 0.6 is 0 Å². The molecule has 2 aromatic carbocycles. The third kappa shape index (κ3) is 7.65. The highest BCUT2D eigenvalue weighted by molar-refractivity contribution is 5.97. The lowest BCUT2D eigenvalue weighted by molar-refractivity contribution is -0.138. The largest absolute Gasteiger partial charge is 0.497 e. The highest BCUT2D eigenvalue weighted by Gasteiger charge is 2.32. The van der Waals surface area contributed by atoms with Crippen molar-refractivity contribution in [3.63, 3.8) is 0 Å². The molecule has 0 aliphatic carbocycles. The van der Waals surface area contributed by atoms with Gasteiger partial charge in [-0.2, -0.15) is 13.2 Å². The Morgan fingerprint density at radius 3 is 2.33 bits per heavy atom. The number of rotatable bonds is 11. The van der Waals surface area contributed by atoms with Crippen molar-refractivity contribution < 1.29 is 27.5 Å². The summed E-state index contributed by atoms with van der Waals surface area (Å²) in [5.74, 6) is -0.126. The summed E-state index contributed by atoms with van der Waals surface area (Å²) in [5.41, 5.74) is 0.965. The molecule has 0 saturated heterocycles. The second kappa shape index (κ2) is 12.9. The number of methoxy groups -OCH3 is 1. The molecule has 0 aliphatic rings. The van der Waals surface area contributed by atoms with E-state index < -0.39 is 23.7 Å². The number of carbonyl (C=O) groups excluding carboxylic acids is 2. The Kier molecular flexibility index (Phi) is 9.83. The average molecular weight is 544 g/mol. The van der Waals surface area contributed by atoms with Crippen LogP contribution in [0.25, 0.3) is 0 Å². The Morgan fingerprint density at radius 1 is 0.974 bits per heavy atom. The van der Waals surface area contributed by atoms with E-state index in [1.807, 2.05) is 56.4 Å². The fraction of sp³-hybridized carbons (Fsp3) is 0.400. The normalized spacial score (nSPS) is 12.3. The van der Waals surface area contributed by atoms with Gasteiger partial charge >= 0.3 is 6.18 Å². The monoisotopic (exact) mass is 543 g/mol. The Balaban J connectivity index is 1.82. The number of ether oxygens (including phenoxy) is 1. The minimum atomic E-state index is -4.57. The van der Waals surface area contributed by atoms with E-state index in [2.05, 4.69) is 4.57 Å². The van der Waals surface area contributed by atoms with Gasteiger partial charge < -0.3 is 19.1 Å². The fourth-order valence-electron chi connectivity index (χ4n) is 4.32. The predicted octanol–water partition coefficient (Wildman–Crippen LogP) is 6.24. The fourth-order valence-corrected chi connectivity index (χ4v) is 4.32. The van der Waals surface area contributed by atoms with Gasteiger partial charge in [-0.15, -0.1) is 0 Å². The summed E-state index contributed by atoms with van der Waals surface area (Å²) in [6.07, 6.45) is -1.92. The van der Waals surface area contributed by atoms with E-state index in [1.165, 1.54) is 17.0 Å². The lowest BCUT2D eigenvalue weighted by Crippen LogP contribution is -2.48. The van der Waals surface area contributed by atoms with E-state index in [-0.39, 0.29) is 24.1 Å². The molecule has 3 rings (SSSR count). The summed E-state index contributed by atoms with van der Waals surface area (Å²) in [7, 11) is 1.62. The maximum Gasteiger partial charge on any atom is 0.416 e. The lowest BCUT2D eigenvalue weighted by atomic mass is 10.1. The number of benzene rings is 2. The van der Waals surface area contributed by atoms with Crippen LogP contribution in [-0.4, -0.2) is 51.9 Å². The zero-order valence-corrected chi connectivity index (χ0v) is 23.0. The van der Waals surface area contributed by atoms with Crippen molar-refractivity contribution in [1.29, 1.82) is 0 Å². The minimum Gasteiger partial charge on any atom is -0.497 e. The molecule has 0 fully saturated rings. The van der Waals surface area contributed by atoms with Crippen LogP contribution in [-0.2, 0) is 24.1 Å². The molecule has 6 nitrogen and oxygen atoms in total. The van der Waals surface area contributed by atoms with E-state index in [0.717, 1.165) is 29.1 Å². The first-order valence-electron chi connectivity index (χ1n) is 13.0. The van der Waals surface area contributed by atoms with Crippen LogP contribution in [0.1, 0.15) is 61.3 Å². The van der Waals surface area contributed by atoms with Crippen LogP contribution in [0.3, 0.4) is 0 Å². The smallest absolute Gasteiger partial charge is 0.416 e. The topological polar surface area (TPSA) is 54.8 Å². The summed E-state index contributed by atoms with van der Waals surface area (Å²) in [4.78, 5) is 29.9. The molecule has 0 saturated carbocycles. The summed E-state index contributed by atoms with van der Waals surface area (Å²) in [5, 5.41) is 0. The number of alkyl halides is 3. The predicted molar refractivity (Wildman–Crippen MR) is 144 cm³/mol. The van der Waals surface area contributed by atoms with Crippen molar-refractivity contribution in [2.24, 2.45) is 0 Å². The molecule has 39 heavy (non-hydrogen) atoms. The van der Waals surface area contributed by atoms with Crippen molar-refractivity contribution in [2.75, 3.05) is 13.7 Å². The van der Waals surface area contributed by atoms with Gasteiger partial charge in [-0.05, 0) is 75.2 Å². The van der Waals surface area contributed by atoms with E-state index in [1.54, 1.807) is 25.9 Å². The Bertz CT molecular complexity index is 1270. The van der Waals surface area contributed by atoms with Crippen molar-refractivity contribution in [1.82, 2.24) is 14.4 Å². The lowest BCUT2D eigenvalue weighted by Gasteiger charge is -2.33. The summed E-state index contributed by atoms with van der Waals surface area (Å²) >= 11 is 0. The molecule has 3 aromatic rings. The van der Waals surface area contributed by atoms with Crippen molar-refractivity contribution in [3.05, 3.63) is 89.2 Å². The Labute approximate surface area is 228 Å². The molecule has 210 valence electrons. The van der Waals surface area contributed by atoms with Crippen molar-refractivity contribution in [2.45, 2.75) is 65.5 Å². The van der Waals surface area contributed by atoms with Gasteiger partial charge in [0.15, 0.2) is 0 Å². The van der Waals surface area contributed by atoms with Gasteiger partial charge in [0.25, 0.3) is 5.91 Å². The van der Waals surface area contributed by atoms with Gasteiger partial charge in [-0.1, -0.05) is 25.1 Å². The maximum atomic E-state index is 13.6. The molecule has 9 heteroatoms. The number of hydrogen-bond donors (Lipinski definition) is 0. The van der Waals surface area contributed by atoms with E-state index in [0.29, 0.717) is 19.5 Å². The van der Waals surface area contributed by atoms with Gasteiger partial charge in [-0.25, -0.2) is 0 Å². The first kappa shape index (κ1) is 29.8. The molecule has 0 bridgehead atoms. The number of hydrogen-bond acceptors (Lipinski definition) is 3. The van der Waals surface area contributed by atoms with Crippen LogP contribution in [0.4, 0.5) is 13.2 Å². The maximum absolute atomic E-state index is 13.6. The molecule has 1 aromatic heterocycles. The zero-order chi connectivity index (χ0) is 28.7. The van der Waals surface area contributed by atoms with E-state index >= 15 is 0 Å². The molecular weight excluding hydrogens is 507 g/mol. The van der Waals surface area contributed by atoms with Crippen LogP contribution < -0.4 is 4.74 Å².